The van der Waals surface area contributed by atoms with Gasteiger partial charge >= 0.3 is 0 Å². The Morgan fingerprint density at radius 1 is 1.03 bits per heavy atom. The number of nitrogens with one attached hydrogen (secondary N) is 2. The minimum absolute atomic E-state index is 0.122. The molecule has 0 unspecified atom stereocenters. The van der Waals surface area contributed by atoms with Crippen LogP contribution in [0.3, 0.4) is 0 Å². The van der Waals surface area contributed by atoms with Crippen LogP contribution in [0.4, 0.5) is 5.13 Å². The Balaban J connectivity index is 1.74. The Morgan fingerprint density at radius 2 is 1.76 bits per heavy atom. The van der Waals surface area contributed by atoms with Gasteiger partial charge in [-0.05, 0) is 51.0 Å². The Kier molecular flexibility index (Phi) is 6.11. The van der Waals surface area contributed by atoms with Crippen molar-refractivity contribution >= 4 is 32.4 Å². The van der Waals surface area contributed by atoms with Gasteiger partial charge in [0.25, 0.3) is 15.9 Å². The SMILES string of the molecule is Cc1cccc(C(=O)Nc2nnc(S(=O)(=O)N[C@@H](C)c3cc(C)ccc3C)s2)c1. The highest BCUT2D eigenvalue weighted by Gasteiger charge is 2.24. The van der Waals surface area contributed by atoms with Crippen LogP contribution < -0.4 is 10.0 Å². The lowest BCUT2D eigenvalue weighted by molar-refractivity contribution is 0.102. The quantitative estimate of drug-likeness (QED) is 0.580. The third-order valence-corrected chi connectivity index (χ3v) is 7.12. The first-order valence-corrected chi connectivity index (χ1v) is 11.3. The van der Waals surface area contributed by atoms with E-state index in [2.05, 4.69) is 20.2 Å². The predicted octanol–water partition coefficient (Wildman–Crippen LogP) is 3.76. The van der Waals surface area contributed by atoms with E-state index in [9.17, 15) is 13.2 Å². The lowest BCUT2D eigenvalue weighted by Gasteiger charge is -2.16. The van der Waals surface area contributed by atoms with E-state index in [0.29, 0.717) is 5.56 Å². The summed E-state index contributed by atoms with van der Waals surface area (Å²) in [5, 5.41) is 10.3. The van der Waals surface area contributed by atoms with Crippen molar-refractivity contribution in [1.29, 1.82) is 0 Å². The fourth-order valence-corrected chi connectivity index (χ4v) is 5.03. The molecule has 0 radical (unpaired) electrons. The van der Waals surface area contributed by atoms with Crippen molar-refractivity contribution in [2.24, 2.45) is 0 Å². The summed E-state index contributed by atoms with van der Waals surface area (Å²) >= 11 is 0.807. The van der Waals surface area contributed by atoms with Crippen LogP contribution in [0, 0.1) is 20.8 Å². The number of anilines is 1. The summed E-state index contributed by atoms with van der Waals surface area (Å²) < 4.78 is 27.9. The highest BCUT2D eigenvalue weighted by Crippen LogP contribution is 2.24. The molecule has 0 aliphatic carbocycles. The average Bonchev–Trinajstić information content (AvgIpc) is 3.13. The number of rotatable bonds is 6. The summed E-state index contributed by atoms with van der Waals surface area (Å²) in [4.78, 5) is 12.3. The fraction of sp³-hybridized carbons (Fsp3) is 0.250. The zero-order chi connectivity index (χ0) is 21.2. The molecule has 152 valence electrons. The second kappa shape index (κ2) is 8.40. The molecule has 9 heteroatoms. The summed E-state index contributed by atoms with van der Waals surface area (Å²) in [7, 11) is -3.88. The molecule has 2 N–H and O–H groups in total. The van der Waals surface area contributed by atoms with E-state index in [1.165, 1.54) is 0 Å². The molecule has 0 saturated carbocycles. The molecule has 1 atom stereocenters. The normalized spacial score (nSPS) is 12.6. The third-order valence-electron chi connectivity index (χ3n) is 4.37. The molecule has 0 fully saturated rings. The smallest absolute Gasteiger partial charge is 0.270 e. The molecule has 3 rings (SSSR count). The van der Waals surface area contributed by atoms with Gasteiger partial charge in [-0.1, -0.05) is 52.8 Å². The summed E-state index contributed by atoms with van der Waals surface area (Å²) in [6.45, 7) is 7.55. The first-order chi connectivity index (χ1) is 13.7. The van der Waals surface area contributed by atoms with E-state index in [0.717, 1.165) is 33.6 Å². The maximum atomic E-state index is 12.7. The number of amides is 1. The molecule has 1 aromatic heterocycles. The lowest BCUT2D eigenvalue weighted by Crippen LogP contribution is -2.27. The molecule has 0 bridgehead atoms. The number of aryl methyl sites for hydroxylation is 3. The second-order valence-corrected chi connectivity index (χ2v) is 9.76. The van der Waals surface area contributed by atoms with Crippen molar-refractivity contribution in [2.45, 2.75) is 38.1 Å². The summed E-state index contributed by atoms with van der Waals surface area (Å²) in [5.41, 5.74) is 4.35. The van der Waals surface area contributed by atoms with Gasteiger partial charge in [0.05, 0.1) is 0 Å². The number of nitrogens with zero attached hydrogens (tertiary/aromatic N) is 2. The fourth-order valence-electron chi connectivity index (χ4n) is 2.90. The van der Waals surface area contributed by atoms with E-state index < -0.39 is 16.1 Å². The van der Waals surface area contributed by atoms with Crippen LogP contribution in [0.2, 0.25) is 0 Å². The molecule has 0 spiro atoms. The molecule has 0 saturated heterocycles. The van der Waals surface area contributed by atoms with Crippen molar-refractivity contribution in [1.82, 2.24) is 14.9 Å². The maximum Gasteiger partial charge on any atom is 0.270 e. The van der Waals surface area contributed by atoms with Crippen molar-refractivity contribution in [2.75, 3.05) is 5.32 Å². The number of hydrogen-bond donors (Lipinski definition) is 2. The Morgan fingerprint density at radius 3 is 2.48 bits per heavy atom. The van der Waals surface area contributed by atoms with Crippen molar-refractivity contribution in [3.63, 3.8) is 0 Å². The predicted molar refractivity (Wildman–Crippen MR) is 114 cm³/mol. The number of hydrogen-bond acceptors (Lipinski definition) is 6. The lowest BCUT2D eigenvalue weighted by atomic mass is 10.0. The van der Waals surface area contributed by atoms with E-state index >= 15 is 0 Å². The maximum absolute atomic E-state index is 12.7. The Bertz CT molecular complexity index is 1160. The van der Waals surface area contributed by atoms with Gasteiger partial charge in [0.1, 0.15) is 0 Å². The number of carbonyl (C=O) groups is 1. The van der Waals surface area contributed by atoms with Crippen molar-refractivity contribution < 1.29 is 13.2 Å². The molecule has 1 heterocycles. The van der Waals surface area contributed by atoms with Crippen LogP contribution in [0.25, 0.3) is 0 Å². The third kappa shape index (κ3) is 5.06. The average molecular weight is 431 g/mol. The van der Waals surface area contributed by atoms with Crippen LogP contribution in [-0.4, -0.2) is 24.5 Å². The minimum atomic E-state index is -3.88. The van der Waals surface area contributed by atoms with Gasteiger partial charge in [0.15, 0.2) is 0 Å². The van der Waals surface area contributed by atoms with E-state index in [1.54, 1.807) is 25.1 Å². The van der Waals surface area contributed by atoms with Gasteiger partial charge < -0.3 is 0 Å². The molecule has 0 aliphatic heterocycles. The van der Waals surface area contributed by atoms with E-state index in [4.69, 9.17) is 0 Å². The molecule has 7 nitrogen and oxygen atoms in total. The monoisotopic (exact) mass is 430 g/mol. The van der Waals surface area contributed by atoms with Gasteiger partial charge in [-0.25, -0.2) is 13.1 Å². The molecule has 3 aromatic rings. The van der Waals surface area contributed by atoms with Crippen LogP contribution in [0.1, 0.15) is 45.6 Å². The highest BCUT2D eigenvalue weighted by atomic mass is 32.2. The van der Waals surface area contributed by atoms with Gasteiger partial charge in [0, 0.05) is 11.6 Å². The molecule has 2 aromatic carbocycles. The second-order valence-electron chi connectivity index (χ2n) is 6.90. The Hall–Kier alpha value is -2.62. The molecule has 29 heavy (non-hydrogen) atoms. The van der Waals surface area contributed by atoms with Crippen molar-refractivity contribution in [3.8, 4) is 0 Å². The molecular formula is C20H22N4O3S2. The van der Waals surface area contributed by atoms with E-state index in [-0.39, 0.29) is 15.4 Å². The number of benzene rings is 2. The van der Waals surface area contributed by atoms with Gasteiger partial charge in [-0.3, -0.25) is 10.1 Å². The number of sulfonamides is 1. The number of carbonyl (C=O) groups excluding carboxylic acids is 1. The van der Waals surface area contributed by atoms with Gasteiger partial charge in [-0.15, -0.1) is 10.2 Å². The van der Waals surface area contributed by atoms with Gasteiger partial charge in [0.2, 0.25) is 9.47 Å². The van der Waals surface area contributed by atoms with E-state index in [1.807, 2.05) is 45.0 Å². The zero-order valence-corrected chi connectivity index (χ0v) is 18.2. The topological polar surface area (TPSA) is 101 Å². The first-order valence-electron chi connectivity index (χ1n) is 8.97. The molecule has 1 amide bonds. The minimum Gasteiger partial charge on any atom is -0.296 e. The van der Waals surface area contributed by atoms with Crippen LogP contribution in [0.5, 0.6) is 0 Å². The first kappa shape index (κ1) is 21.1. The standard InChI is InChI=1S/C20H22N4O3S2/c1-12-6-5-7-16(10-12)18(25)21-19-22-23-20(28-19)29(26,27)24-15(4)17-11-13(2)8-9-14(17)3/h5-11,15,24H,1-4H3,(H,21,22,25)/t15-/m0/s1. The summed E-state index contributed by atoms with van der Waals surface area (Å²) in [6.07, 6.45) is 0. The van der Waals surface area contributed by atoms with Gasteiger partial charge in [-0.2, -0.15) is 0 Å². The molecule has 0 aliphatic rings. The van der Waals surface area contributed by atoms with Crippen LogP contribution >= 0.6 is 11.3 Å². The summed E-state index contributed by atoms with van der Waals surface area (Å²) in [5.74, 6) is -0.370. The van der Waals surface area contributed by atoms with Crippen molar-refractivity contribution in [3.05, 3.63) is 70.3 Å². The number of aromatic nitrogens is 2. The zero-order valence-electron chi connectivity index (χ0n) is 16.6. The van der Waals surface area contributed by atoms with Crippen LogP contribution in [-0.2, 0) is 10.0 Å². The highest BCUT2D eigenvalue weighted by molar-refractivity contribution is 7.91. The largest absolute Gasteiger partial charge is 0.296 e. The summed E-state index contributed by atoms with van der Waals surface area (Å²) in [6, 6.07) is 12.5. The Labute approximate surface area is 174 Å². The molecular weight excluding hydrogens is 408 g/mol. The van der Waals surface area contributed by atoms with Crippen LogP contribution in [0.15, 0.2) is 46.8 Å².